The van der Waals surface area contributed by atoms with Crippen molar-refractivity contribution in [2.24, 2.45) is 0 Å². The Hall–Kier alpha value is -1.74. The number of para-hydroxylation sites is 1. The quantitative estimate of drug-likeness (QED) is 0.820. The van der Waals surface area contributed by atoms with Gasteiger partial charge in [0.05, 0.1) is 0 Å². The molecule has 1 aromatic carbocycles. The smallest absolute Gasteiger partial charge is 0.169 e. The van der Waals surface area contributed by atoms with Gasteiger partial charge in [0, 0.05) is 5.56 Å². The molecule has 3 heteroatoms. The van der Waals surface area contributed by atoms with Crippen molar-refractivity contribution in [1.82, 2.24) is 0 Å². The monoisotopic (exact) mass is 260 g/mol. The van der Waals surface area contributed by atoms with Crippen LogP contribution >= 0.6 is 0 Å². The van der Waals surface area contributed by atoms with E-state index in [1.54, 1.807) is 12.1 Å². The Labute approximate surface area is 113 Å². The summed E-state index contributed by atoms with van der Waals surface area (Å²) in [5.74, 6) is 0.534. The topological polar surface area (TPSA) is 49.7 Å². The minimum Gasteiger partial charge on any atom is -0.504 e. The summed E-state index contributed by atoms with van der Waals surface area (Å²) >= 11 is 0. The number of hydrogen-bond donors (Lipinski definition) is 2. The Kier molecular flexibility index (Phi) is 3.67. The largest absolute Gasteiger partial charge is 0.504 e. The predicted molar refractivity (Wildman–Crippen MR) is 76.2 cm³/mol. The Morgan fingerprint density at radius 3 is 2.84 bits per heavy atom. The minimum absolute atomic E-state index is 0.0995. The molecule has 0 bridgehead atoms. The van der Waals surface area contributed by atoms with Gasteiger partial charge in [-0.15, -0.1) is 0 Å². The summed E-state index contributed by atoms with van der Waals surface area (Å²) in [6, 6.07) is 5.22. The fraction of sp³-hybridized carbons (Fsp3) is 0.375. The van der Waals surface area contributed by atoms with Crippen molar-refractivity contribution in [2.45, 2.75) is 38.9 Å². The first-order valence-corrected chi connectivity index (χ1v) is 6.44. The number of phenolic OH excluding ortho intramolecular Hbond substituents is 1. The maximum Gasteiger partial charge on any atom is 0.169 e. The summed E-state index contributed by atoms with van der Waals surface area (Å²) in [6.45, 7) is 5.81. The number of aromatic hydroxyl groups is 1. The Bertz CT molecular complexity index is 527. The number of hydrogen-bond acceptors (Lipinski definition) is 3. The fourth-order valence-electron chi connectivity index (χ4n) is 2.05. The molecule has 1 heterocycles. The molecule has 2 unspecified atom stereocenters. The van der Waals surface area contributed by atoms with Gasteiger partial charge in [0.15, 0.2) is 17.1 Å². The van der Waals surface area contributed by atoms with Crippen LogP contribution in [0.3, 0.4) is 0 Å². The number of aliphatic hydroxyl groups excluding tert-OH is 1. The number of phenols is 1. The first-order valence-electron chi connectivity index (χ1n) is 6.44. The molecule has 1 aliphatic rings. The summed E-state index contributed by atoms with van der Waals surface area (Å²) in [7, 11) is 0. The molecule has 1 aromatic rings. The molecule has 2 rings (SSSR count). The molecule has 0 fully saturated rings. The lowest BCUT2D eigenvalue weighted by molar-refractivity contribution is -0.00790. The highest BCUT2D eigenvalue weighted by atomic mass is 16.5. The maximum absolute atomic E-state index is 10.3. The van der Waals surface area contributed by atoms with E-state index >= 15 is 0 Å². The highest BCUT2D eigenvalue weighted by Gasteiger charge is 2.35. The number of fused-ring (bicyclic) bond motifs is 1. The third-order valence-electron chi connectivity index (χ3n) is 3.35. The molecular formula is C16H20O3. The second kappa shape index (κ2) is 5.10. The Balaban J connectivity index is 2.24. The van der Waals surface area contributed by atoms with Gasteiger partial charge in [-0.1, -0.05) is 29.9 Å². The van der Waals surface area contributed by atoms with E-state index in [4.69, 9.17) is 4.74 Å². The van der Waals surface area contributed by atoms with Gasteiger partial charge in [0.2, 0.25) is 0 Å². The molecule has 0 saturated heterocycles. The van der Waals surface area contributed by atoms with Crippen molar-refractivity contribution in [3.8, 4) is 11.5 Å². The molecule has 2 atom stereocenters. The van der Waals surface area contributed by atoms with E-state index in [0.29, 0.717) is 12.2 Å². The molecule has 2 N–H and O–H groups in total. The summed E-state index contributed by atoms with van der Waals surface area (Å²) in [6.07, 6.45) is 5.56. The first kappa shape index (κ1) is 13.7. The van der Waals surface area contributed by atoms with E-state index in [-0.39, 0.29) is 5.75 Å². The van der Waals surface area contributed by atoms with E-state index in [0.717, 1.165) is 11.1 Å². The van der Waals surface area contributed by atoms with Gasteiger partial charge in [-0.3, -0.25) is 0 Å². The van der Waals surface area contributed by atoms with Crippen LogP contribution in [-0.2, 0) is 0 Å². The molecule has 0 saturated carbocycles. The normalized spacial score (nSPS) is 22.3. The summed E-state index contributed by atoms with van der Waals surface area (Å²) < 4.78 is 5.83. The maximum atomic E-state index is 10.3. The van der Waals surface area contributed by atoms with Crippen molar-refractivity contribution in [1.29, 1.82) is 0 Å². The van der Waals surface area contributed by atoms with Gasteiger partial charge < -0.3 is 14.9 Å². The van der Waals surface area contributed by atoms with Crippen LogP contribution in [0.25, 0.3) is 6.08 Å². The average Bonchev–Trinajstić information content (AvgIpc) is 2.37. The number of benzene rings is 1. The van der Waals surface area contributed by atoms with Crippen LogP contribution in [0.4, 0.5) is 0 Å². The van der Waals surface area contributed by atoms with E-state index in [1.807, 2.05) is 45.1 Å². The Morgan fingerprint density at radius 2 is 2.16 bits per heavy atom. The third-order valence-corrected chi connectivity index (χ3v) is 3.35. The number of rotatable bonds is 3. The van der Waals surface area contributed by atoms with Crippen molar-refractivity contribution < 1.29 is 14.9 Å². The van der Waals surface area contributed by atoms with E-state index in [9.17, 15) is 10.2 Å². The zero-order valence-electron chi connectivity index (χ0n) is 11.6. The van der Waals surface area contributed by atoms with Crippen LogP contribution in [-0.4, -0.2) is 21.9 Å². The van der Waals surface area contributed by atoms with Gasteiger partial charge in [-0.25, -0.2) is 0 Å². The lowest BCUT2D eigenvalue weighted by atomic mass is 9.91. The first-order chi connectivity index (χ1) is 8.92. The number of aliphatic hydroxyl groups is 1. The Morgan fingerprint density at radius 1 is 1.42 bits per heavy atom. The molecule has 0 aliphatic carbocycles. The second-order valence-electron chi connectivity index (χ2n) is 5.35. The van der Waals surface area contributed by atoms with Crippen molar-refractivity contribution in [3.63, 3.8) is 0 Å². The molecule has 0 spiro atoms. The summed E-state index contributed by atoms with van der Waals surface area (Å²) in [5, 5.41) is 20.1. The van der Waals surface area contributed by atoms with E-state index in [2.05, 4.69) is 0 Å². The van der Waals surface area contributed by atoms with Gasteiger partial charge in [0.1, 0.15) is 6.10 Å². The van der Waals surface area contributed by atoms with Crippen molar-refractivity contribution >= 4 is 6.08 Å². The average molecular weight is 260 g/mol. The molecule has 102 valence electrons. The SMILES string of the molecule is CC(C)=CCC(O)C1(C)C=Cc2cccc(O)c2O1. The minimum atomic E-state index is -0.822. The molecular weight excluding hydrogens is 240 g/mol. The highest BCUT2D eigenvalue weighted by molar-refractivity contribution is 5.65. The lowest BCUT2D eigenvalue weighted by Crippen LogP contribution is -2.44. The molecule has 1 aliphatic heterocycles. The molecule has 0 radical (unpaired) electrons. The summed E-state index contributed by atoms with van der Waals surface area (Å²) in [5.41, 5.74) is 1.16. The van der Waals surface area contributed by atoms with Crippen LogP contribution in [0.15, 0.2) is 35.9 Å². The van der Waals surface area contributed by atoms with E-state index in [1.165, 1.54) is 0 Å². The second-order valence-corrected chi connectivity index (χ2v) is 5.35. The van der Waals surface area contributed by atoms with Crippen LogP contribution < -0.4 is 4.74 Å². The lowest BCUT2D eigenvalue weighted by Gasteiger charge is -2.35. The zero-order chi connectivity index (χ0) is 14.0. The van der Waals surface area contributed by atoms with Crippen LogP contribution in [0.2, 0.25) is 0 Å². The molecule has 0 aromatic heterocycles. The van der Waals surface area contributed by atoms with Crippen LogP contribution in [0.1, 0.15) is 32.8 Å². The fourth-order valence-corrected chi connectivity index (χ4v) is 2.05. The number of allylic oxidation sites excluding steroid dienone is 1. The highest BCUT2D eigenvalue weighted by Crippen LogP contribution is 2.39. The van der Waals surface area contributed by atoms with E-state index < -0.39 is 11.7 Å². The van der Waals surface area contributed by atoms with Gasteiger partial charge in [-0.2, -0.15) is 0 Å². The standard InChI is InChI=1S/C16H20O3/c1-11(2)7-8-14(18)16(3)10-9-12-5-4-6-13(17)15(12)19-16/h4-7,9-10,14,17-18H,8H2,1-3H3. The van der Waals surface area contributed by atoms with Crippen molar-refractivity contribution in [3.05, 3.63) is 41.5 Å². The van der Waals surface area contributed by atoms with Gasteiger partial charge in [-0.05, 0) is 39.3 Å². The van der Waals surface area contributed by atoms with Crippen molar-refractivity contribution in [2.75, 3.05) is 0 Å². The van der Waals surface area contributed by atoms with Gasteiger partial charge in [0.25, 0.3) is 0 Å². The molecule has 19 heavy (non-hydrogen) atoms. The molecule has 0 amide bonds. The van der Waals surface area contributed by atoms with Crippen LogP contribution in [0.5, 0.6) is 11.5 Å². The summed E-state index contributed by atoms with van der Waals surface area (Å²) in [4.78, 5) is 0. The zero-order valence-corrected chi connectivity index (χ0v) is 11.6. The number of ether oxygens (including phenoxy) is 1. The predicted octanol–water partition coefficient (Wildman–Crippen LogP) is 3.27. The van der Waals surface area contributed by atoms with Crippen LogP contribution in [0, 0.1) is 0 Å². The third kappa shape index (κ3) is 2.82. The van der Waals surface area contributed by atoms with Gasteiger partial charge >= 0.3 is 0 Å². The molecule has 3 nitrogen and oxygen atoms in total.